The lowest BCUT2D eigenvalue weighted by Crippen LogP contribution is -2.34. The number of nitrogens with zero attached hydrogens (tertiary/aromatic N) is 2. The zero-order chi connectivity index (χ0) is 19.3. The van der Waals surface area contributed by atoms with E-state index in [2.05, 4.69) is 17.2 Å². The first-order valence-electron chi connectivity index (χ1n) is 8.29. The van der Waals surface area contributed by atoms with Crippen LogP contribution in [0.15, 0.2) is 42.6 Å². The van der Waals surface area contributed by atoms with Crippen molar-refractivity contribution in [3.05, 3.63) is 65.0 Å². The molecule has 26 heavy (non-hydrogen) atoms. The number of halogens is 3. The van der Waals surface area contributed by atoms with E-state index in [4.69, 9.17) is 0 Å². The number of amides is 1. The lowest BCUT2D eigenvalue weighted by molar-refractivity contribution is -0.141. The van der Waals surface area contributed by atoms with Crippen molar-refractivity contribution in [3.63, 3.8) is 0 Å². The summed E-state index contributed by atoms with van der Waals surface area (Å²) in [7, 11) is 3.81. The maximum Gasteiger partial charge on any atom is 0.433 e. The summed E-state index contributed by atoms with van der Waals surface area (Å²) in [5, 5.41) is 2.76. The molecular formula is C19H22F3N3O. The van der Waals surface area contributed by atoms with E-state index in [1.165, 1.54) is 5.56 Å². The number of pyridine rings is 1. The molecule has 0 aliphatic carbocycles. The highest BCUT2D eigenvalue weighted by molar-refractivity contribution is 5.93. The molecule has 1 unspecified atom stereocenters. The van der Waals surface area contributed by atoms with Crippen LogP contribution in [-0.2, 0) is 12.6 Å². The number of carbonyl (C=O) groups excluding carboxylic acids is 1. The van der Waals surface area contributed by atoms with E-state index in [-0.39, 0.29) is 11.6 Å². The van der Waals surface area contributed by atoms with Crippen LogP contribution in [0.5, 0.6) is 0 Å². The van der Waals surface area contributed by atoms with Crippen LogP contribution in [0.1, 0.15) is 40.1 Å². The first-order valence-corrected chi connectivity index (χ1v) is 8.29. The van der Waals surface area contributed by atoms with Crippen LogP contribution in [-0.4, -0.2) is 36.4 Å². The number of benzene rings is 1. The Morgan fingerprint density at radius 3 is 2.27 bits per heavy atom. The van der Waals surface area contributed by atoms with E-state index >= 15 is 0 Å². The van der Waals surface area contributed by atoms with E-state index in [0.29, 0.717) is 6.54 Å². The summed E-state index contributed by atoms with van der Waals surface area (Å²) in [6.07, 6.45) is -2.63. The minimum Gasteiger partial charge on any atom is -0.350 e. The second-order valence-electron chi connectivity index (χ2n) is 6.21. The number of alkyl halides is 3. The largest absolute Gasteiger partial charge is 0.433 e. The third-order valence-corrected chi connectivity index (χ3v) is 4.17. The van der Waals surface area contributed by atoms with Crippen LogP contribution in [0.3, 0.4) is 0 Å². The molecule has 1 aromatic carbocycles. The number of carbonyl (C=O) groups is 1. The van der Waals surface area contributed by atoms with Crippen molar-refractivity contribution in [2.24, 2.45) is 0 Å². The summed E-state index contributed by atoms with van der Waals surface area (Å²) in [5.74, 6) is -0.455. The van der Waals surface area contributed by atoms with Crippen LogP contribution in [0.4, 0.5) is 13.2 Å². The smallest absolute Gasteiger partial charge is 0.350 e. The molecule has 1 atom stereocenters. The number of aromatic nitrogens is 1. The van der Waals surface area contributed by atoms with Gasteiger partial charge in [-0.3, -0.25) is 9.78 Å². The Kier molecular flexibility index (Phi) is 6.37. The van der Waals surface area contributed by atoms with Gasteiger partial charge < -0.3 is 10.2 Å². The maximum absolute atomic E-state index is 12.5. The van der Waals surface area contributed by atoms with E-state index in [1.54, 1.807) is 0 Å². The van der Waals surface area contributed by atoms with Gasteiger partial charge in [-0.15, -0.1) is 0 Å². The van der Waals surface area contributed by atoms with Gasteiger partial charge in [-0.05, 0) is 43.8 Å². The van der Waals surface area contributed by atoms with Crippen molar-refractivity contribution < 1.29 is 18.0 Å². The molecule has 0 radical (unpaired) electrons. The molecule has 0 saturated carbocycles. The lowest BCUT2D eigenvalue weighted by atomic mass is 10.0. The Morgan fingerprint density at radius 1 is 1.15 bits per heavy atom. The van der Waals surface area contributed by atoms with E-state index < -0.39 is 17.8 Å². The van der Waals surface area contributed by atoms with Gasteiger partial charge >= 0.3 is 6.18 Å². The predicted molar refractivity (Wildman–Crippen MR) is 93.8 cm³/mol. The molecule has 0 fully saturated rings. The molecule has 0 saturated heterocycles. The van der Waals surface area contributed by atoms with Crippen molar-refractivity contribution in [1.29, 1.82) is 0 Å². The SMILES string of the molecule is CCc1ccc(C(CNC(=O)c2ccc(C(F)(F)F)nc2)N(C)C)cc1. The van der Waals surface area contributed by atoms with E-state index in [9.17, 15) is 18.0 Å². The molecule has 7 heteroatoms. The van der Waals surface area contributed by atoms with Gasteiger partial charge in [0, 0.05) is 12.7 Å². The van der Waals surface area contributed by atoms with Crippen molar-refractivity contribution >= 4 is 5.91 Å². The molecule has 140 valence electrons. The van der Waals surface area contributed by atoms with Crippen LogP contribution in [0.2, 0.25) is 0 Å². The summed E-state index contributed by atoms with van der Waals surface area (Å²) in [5.41, 5.74) is 1.36. The first-order chi connectivity index (χ1) is 12.2. The van der Waals surface area contributed by atoms with Gasteiger partial charge in [0.1, 0.15) is 5.69 Å². The number of aryl methyl sites for hydroxylation is 1. The Labute approximate surface area is 151 Å². The average Bonchev–Trinajstić information content (AvgIpc) is 2.61. The fourth-order valence-electron chi connectivity index (χ4n) is 2.56. The van der Waals surface area contributed by atoms with Crippen molar-refractivity contribution in [2.75, 3.05) is 20.6 Å². The predicted octanol–water partition coefficient (Wildman–Crippen LogP) is 3.70. The molecule has 1 amide bonds. The van der Waals surface area contributed by atoms with Gasteiger partial charge in [-0.2, -0.15) is 13.2 Å². The molecule has 4 nitrogen and oxygen atoms in total. The van der Waals surface area contributed by atoms with Crippen molar-refractivity contribution in [3.8, 4) is 0 Å². The quantitative estimate of drug-likeness (QED) is 0.849. The lowest BCUT2D eigenvalue weighted by Gasteiger charge is -2.25. The average molecular weight is 365 g/mol. The zero-order valence-corrected chi connectivity index (χ0v) is 15.0. The van der Waals surface area contributed by atoms with Crippen LogP contribution in [0, 0.1) is 0 Å². The molecule has 0 aliphatic heterocycles. The van der Waals surface area contributed by atoms with Crippen molar-refractivity contribution in [1.82, 2.24) is 15.2 Å². The Bertz CT molecular complexity index is 725. The summed E-state index contributed by atoms with van der Waals surface area (Å²) in [6.45, 7) is 2.41. The minimum absolute atomic E-state index is 0.0488. The number of hydrogen-bond acceptors (Lipinski definition) is 3. The molecule has 0 spiro atoms. The molecule has 0 aliphatic rings. The number of rotatable bonds is 6. The van der Waals surface area contributed by atoms with Crippen LogP contribution in [0.25, 0.3) is 0 Å². The molecule has 0 bridgehead atoms. The summed E-state index contributed by atoms with van der Waals surface area (Å²) >= 11 is 0. The van der Waals surface area contributed by atoms with E-state index in [1.807, 2.05) is 43.3 Å². The van der Waals surface area contributed by atoms with Crippen molar-refractivity contribution in [2.45, 2.75) is 25.6 Å². The zero-order valence-electron chi connectivity index (χ0n) is 15.0. The monoisotopic (exact) mass is 365 g/mol. The summed E-state index contributed by atoms with van der Waals surface area (Å²) in [4.78, 5) is 17.5. The molecular weight excluding hydrogens is 343 g/mol. The fraction of sp³-hybridized carbons (Fsp3) is 0.368. The highest BCUT2D eigenvalue weighted by Gasteiger charge is 2.32. The van der Waals surface area contributed by atoms with Gasteiger partial charge in [-0.25, -0.2) is 0 Å². The van der Waals surface area contributed by atoms with Crippen LogP contribution >= 0.6 is 0 Å². The van der Waals surface area contributed by atoms with Crippen LogP contribution < -0.4 is 5.32 Å². The molecule has 2 aromatic rings. The third-order valence-electron chi connectivity index (χ3n) is 4.17. The Balaban J connectivity index is 2.05. The fourth-order valence-corrected chi connectivity index (χ4v) is 2.56. The highest BCUT2D eigenvalue weighted by atomic mass is 19.4. The Morgan fingerprint density at radius 2 is 1.81 bits per heavy atom. The second kappa shape index (κ2) is 8.31. The number of hydrogen-bond donors (Lipinski definition) is 1. The number of nitrogens with one attached hydrogen (secondary N) is 1. The van der Waals surface area contributed by atoms with Gasteiger partial charge in [0.2, 0.25) is 0 Å². The second-order valence-corrected chi connectivity index (χ2v) is 6.21. The topological polar surface area (TPSA) is 45.2 Å². The van der Waals surface area contributed by atoms with Gasteiger partial charge in [-0.1, -0.05) is 31.2 Å². The standard InChI is InChI=1S/C19H22F3N3O/c1-4-13-5-7-14(8-6-13)16(25(2)3)12-24-18(26)15-9-10-17(23-11-15)19(20,21)22/h5-11,16H,4,12H2,1-3H3,(H,24,26). The molecule has 2 rings (SSSR count). The highest BCUT2D eigenvalue weighted by Crippen LogP contribution is 2.27. The number of likely N-dealkylation sites (N-methyl/N-ethyl adjacent to an activating group) is 1. The molecule has 1 heterocycles. The first kappa shape index (κ1) is 19.9. The maximum atomic E-state index is 12.5. The van der Waals surface area contributed by atoms with E-state index in [0.717, 1.165) is 30.3 Å². The van der Waals surface area contributed by atoms with Gasteiger partial charge in [0.15, 0.2) is 0 Å². The van der Waals surface area contributed by atoms with Gasteiger partial charge in [0.05, 0.1) is 11.6 Å². The third kappa shape index (κ3) is 5.05. The molecule has 1 N–H and O–H groups in total. The minimum atomic E-state index is -4.52. The summed E-state index contributed by atoms with van der Waals surface area (Å²) < 4.78 is 37.6. The van der Waals surface area contributed by atoms with Gasteiger partial charge in [0.25, 0.3) is 5.91 Å². The summed E-state index contributed by atoms with van der Waals surface area (Å²) in [6, 6.07) is 10.0. The normalized spacial score (nSPS) is 12.9. The molecule has 1 aromatic heterocycles. The Hall–Kier alpha value is -2.41.